The van der Waals surface area contributed by atoms with Gasteiger partial charge >= 0.3 is 5.97 Å². The number of hydroxylamine groups is 2. The van der Waals surface area contributed by atoms with E-state index in [9.17, 15) is 14.4 Å². The van der Waals surface area contributed by atoms with Crippen molar-refractivity contribution in [3.8, 4) is 0 Å². The Hall–Kier alpha value is -2.17. The molecule has 0 aromatic heterocycles. The van der Waals surface area contributed by atoms with Crippen LogP contribution in [-0.2, 0) is 20.8 Å². The number of carbonyl (C=O) groups is 3. The molecule has 0 unspecified atom stereocenters. The third kappa shape index (κ3) is 3.23. The van der Waals surface area contributed by atoms with Crippen LogP contribution in [0.25, 0.3) is 0 Å². The fraction of sp³-hybridized carbons (Fsp3) is 0.400. The predicted molar refractivity (Wildman–Crippen MR) is 71.6 cm³/mol. The zero-order valence-corrected chi connectivity index (χ0v) is 11.4. The summed E-state index contributed by atoms with van der Waals surface area (Å²) in [6, 6.07) is 7.02. The summed E-state index contributed by atoms with van der Waals surface area (Å²) in [6.45, 7) is 2.12. The summed E-state index contributed by atoms with van der Waals surface area (Å²) in [5.74, 6) is -1.62. The minimum atomic E-state index is -0.685. The quantitative estimate of drug-likeness (QED) is 0.773. The van der Waals surface area contributed by atoms with E-state index in [0.717, 1.165) is 24.8 Å². The zero-order valence-electron chi connectivity index (χ0n) is 11.4. The number of hydrogen-bond donors (Lipinski definition) is 0. The van der Waals surface area contributed by atoms with E-state index in [-0.39, 0.29) is 12.8 Å². The van der Waals surface area contributed by atoms with Crippen LogP contribution in [-0.4, -0.2) is 22.8 Å². The highest BCUT2D eigenvalue weighted by atomic mass is 16.7. The number of carbonyl (C=O) groups excluding carboxylic acids is 3. The second-order valence-electron chi connectivity index (χ2n) is 4.76. The number of hydrogen-bond acceptors (Lipinski definition) is 4. The molecular formula is C15H17NO4. The molecule has 106 valence electrons. The van der Waals surface area contributed by atoms with Gasteiger partial charge in [0.25, 0.3) is 11.8 Å². The summed E-state index contributed by atoms with van der Waals surface area (Å²) in [7, 11) is 0. The number of unbranched alkanes of at least 4 members (excludes halogenated alkanes) is 1. The molecule has 0 aliphatic carbocycles. The van der Waals surface area contributed by atoms with Gasteiger partial charge in [-0.05, 0) is 30.5 Å². The predicted octanol–water partition coefficient (Wildman–Crippen LogP) is 2.25. The van der Waals surface area contributed by atoms with Crippen molar-refractivity contribution in [1.29, 1.82) is 0 Å². The summed E-state index contributed by atoms with van der Waals surface area (Å²) < 4.78 is 0. The van der Waals surface area contributed by atoms with Crippen molar-refractivity contribution in [1.82, 2.24) is 5.06 Å². The van der Waals surface area contributed by atoms with Crippen molar-refractivity contribution in [2.75, 3.05) is 0 Å². The van der Waals surface area contributed by atoms with Crippen LogP contribution in [0.3, 0.4) is 0 Å². The molecule has 0 bridgehead atoms. The monoisotopic (exact) mass is 275 g/mol. The Kier molecular flexibility index (Phi) is 4.50. The standard InChI is InChI=1S/C15H17NO4/c1-2-3-4-11-5-7-12(8-6-11)15(19)20-16-13(17)9-10-14(16)18/h5-8H,2-4,9-10H2,1H3. The minimum Gasteiger partial charge on any atom is -0.325 e. The normalized spacial score (nSPS) is 14.8. The zero-order chi connectivity index (χ0) is 14.5. The van der Waals surface area contributed by atoms with E-state index in [0.29, 0.717) is 10.6 Å². The minimum absolute atomic E-state index is 0.0993. The first-order valence-electron chi connectivity index (χ1n) is 6.79. The molecular weight excluding hydrogens is 258 g/mol. The Morgan fingerprint density at radius 3 is 2.30 bits per heavy atom. The average Bonchev–Trinajstić information content (AvgIpc) is 2.77. The van der Waals surface area contributed by atoms with Crippen LogP contribution < -0.4 is 0 Å². The Balaban J connectivity index is 1.98. The summed E-state index contributed by atoms with van der Waals surface area (Å²) in [5, 5.41) is 0.563. The van der Waals surface area contributed by atoms with Crippen LogP contribution in [0, 0.1) is 0 Å². The van der Waals surface area contributed by atoms with Crippen molar-refractivity contribution in [2.45, 2.75) is 39.0 Å². The smallest absolute Gasteiger partial charge is 0.325 e. The SMILES string of the molecule is CCCCc1ccc(C(=O)ON2C(=O)CCC2=O)cc1. The molecule has 5 heteroatoms. The second kappa shape index (κ2) is 6.32. The Morgan fingerprint density at radius 2 is 1.75 bits per heavy atom. The third-order valence-corrected chi connectivity index (χ3v) is 3.19. The molecule has 0 radical (unpaired) electrons. The lowest BCUT2D eigenvalue weighted by molar-refractivity contribution is -0.172. The van der Waals surface area contributed by atoms with E-state index >= 15 is 0 Å². The molecule has 1 fully saturated rings. The van der Waals surface area contributed by atoms with Crippen molar-refractivity contribution >= 4 is 17.8 Å². The van der Waals surface area contributed by atoms with Gasteiger partial charge in [-0.15, -0.1) is 5.06 Å². The van der Waals surface area contributed by atoms with E-state index in [1.807, 2.05) is 12.1 Å². The maximum absolute atomic E-state index is 11.8. The van der Waals surface area contributed by atoms with Gasteiger partial charge in [-0.25, -0.2) is 4.79 Å². The Bertz CT molecular complexity index is 505. The van der Waals surface area contributed by atoms with Gasteiger partial charge in [0.15, 0.2) is 0 Å². The van der Waals surface area contributed by atoms with E-state index in [1.165, 1.54) is 0 Å². The van der Waals surface area contributed by atoms with Gasteiger partial charge in [-0.1, -0.05) is 25.5 Å². The molecule has 0 saturated carbocycles. The third-order valence-electron chi connectivity index (χ3n) is 3.19. The summed E-state index contributed by atoms with van der Waals surface area (Å²) in [5.41, 5.74) is 1.48. The molecule has 1 aliphatic rings. The topological polar surface area (TPSA) is 63.7 Å². The van der Waals surface area contributed by atoms with Gasteiger partial charge in [0.1, 0.15) is 0 Å². The summed E-state index contributed by atoms with van der Waals surface area (Å²) in [6.07, 6.45) is 3.38. The van der Waals surface area contributed by atoms with Crippen molar-refractivity contribution in [2.24, 2.45) is 0 Å². The molecule has 1 saturated heterocycles. The molecule has 1 aliphatic heterocycles. The van der Waals surface area contributed by atoms with E-state index in [1.54, 1.807) is 12.1 Å². The first kappa shape index (κ1) is 14.2. The van der Waals surface area contributed by atoms with Gasteiger partial charge in [0.05, 0.1) is 5.56 Å². The Labute approximate surface area is 117 Å². The van der Waals surface area contributed by atoms with Crippen LogP contribution in [0.4, 0.5) is 0 Å². The molecule has 0 atom stereocenters. The van der Waals surface area contributed by atoms with Crippen molar-refractivity contribution in [3.63, 3.8) is 0 Å². The molecule has 1 aromatic carbocycles. The van der Waals surface area contributed by atoms with Gasteiger partial charge in [0.2, 0.25) is 0 Å². The summed E-state index contributed by atoms with van der Waals surface area (Å²) in [4.78, 5) is 39.4. The number of benzene rings is 1. The van der Waals surface area contributed by atoms with Crippen LogP contribution >= 0.6 is 0 Å². The Morgan fingerprint density at radius 1 is 1.15 bits per heavy atom. The molecule has 20 heavy (non-hydrogen) atoms. The summed E-state index contributed by atoms with van der Waals surface area (Å²) >= 11 is 0. The average molecular weight is 275 g/mol. The first-order valence-corrected chi connectivity index (χ1v) is 6.79. The largest absolute Gasteiger partial charge is 0.363 e. The second-order valence-corrected chi connectivity index (χ2v) is 4.76. The molecule has 2 rings (SSSR count). The van der Waals surface area contributed by atoms with E-state index < -0.39 is 17.8 Å². The first-order chi connectivity index (χ1) is 9.61. The van der Waals surface area contributed by atoms with Crippen LogP contribution in [0.5, 0.6) is 0 Å². The van der Waals surface area contributed by atoms with Crippen molar-refractivity contribution < 1.29 is 19.2 Å². The van der Waals surface area contributed by atoms with Crippen LogP contribution in [0.2, 0.25) is 0 Å². The van der Waals surface area contributed by atoms with Gasteiger partial charge < -0.3 is 4.84 Å². The molecule has 5 nitrogen and oxygen atoms in total. The fourth-order valence-corrected chi connectivity index (χ4v) is 1.98. The van der Waals surface area contributed by atoms with Crippen LogP contribution in [0.15, 0.2) is 24.3 Å². The van der Waals surface area contributed by atoms with Crippen molar-refractivity contribution in [3.05, 3.63) is 35.4 Å². The van der Waals surface area contributed by atoms with Gasteiger partial charge in [-0.2, -0.15) is 0 Å². The van der Waals surface area contributed by atoms with Crippen LogP contribution in [0.1, 0.15) is 48.5 Å². The van der Waals surface area contributed by atoms with E-state index in [2.05, 4.69) is 6.92 Å². The molecule has 0 spiro atoms. The lowest BCUT2D eigenvalue weighted by Gasteiger charge is -2.12. The molecule has 0 N–H and O–H groups in total. The highest BCUT2D eigenvalue weighted by molar-refractivity contribution is 6.02. The molecule has 1 aromatic rings. The molecule has 2 amide bonds. The van der Waals surface area contributed by atoms with Gasteiger partial charge in [-0.3, -0.25) is 9.59 Å². The maximum atomic E-state index is 11.8. The highest BCUT2D eigenvalue weighted by Gasteiger charge is 2.33. The molecule has 1 heterocycles. The number of aryl methyl sites for hydroxylation is 1. The van der Waals surface area contributed by atoms with Gasteiger partial charge in [0, 0.05) is 12.8 Å². The lowest BCUT2D eigenvalue weighted by atomic mass is 10.1. The lowest BCUT2D eigenvalue weighted by Crippen LogP contribution is -2.32. The fourth-order valence-electron chi connectivity index (χ4n) is 1.98. The number of imide groups is 1. The maximum Gasteiger partial charge on any atom is 0.363 e. The number of rotatable bonds is 5. The number of nitrogens with zero attached hydrogens (tertiary/aromatic N) is 1. The number of amides is 2. The van der Waals surface area contributed by atoms with E-state index in [4.69, 9.17) is 4.84 Å². The highest BCUT2D eigenvalue weighted by Crippen LogP contribution is 2.15.